The van der Waals surface area contributed by atoms with Gasteiger partial charge in [0.05, 0.1) is 11.8 Å². The molecule has 30 heavy (non-hydrogen) atoms. The fraction of sp³-hybridized carbons (Fsp3) is 0.522. The Kier molecular flexibility index (Phi) is 6.72. The van der Waals surface area contributed by atoms with Crippen molar-refractivity contribution in [3.05, 3.63) is 59.2 Å². The summed E-state index contributed by atoms with van der Waals surface area (Å²) in [6, 6.07) is 10.6. The number of fused-ring (bicyclic) bond motifs is 1. The number of aliphatic hydroxyl groups excluding tert-OH is 1. The maximum Gasteiger partial charge on any atom is 0.219 e. The third kappa shape index (κ3) is 5.41. The van der Waals surface area contributed by atoms with Gasteiger partial charge in [0.15, 0.2) is 0 Å². The fourth-order valence-corrected chi connectivity index (χ4v) is 4.34. The van der Waals surface area contributed by atoms with Gasteiger partial charge in [0.25, 0.3) is 0 Å². The molecule has 0 saturated carbocycles. The number of amides is 1. The van der Waals surface area contributed by atoms with Gasteiger partial charge >= 0.3 is 0 Å². The number of benzene rings is 1. The second kappa shape index (κ2) is 9.64. The number of carbonyl (C=O) groups is 1. The summed E-state index contributed by atoms with van der Waals surface area (Å²) in [6.07, 6.45) is 3.11. The summed E-state index contributed by atoms with van der Waals surface area (Å²) in [5, 5.41) is 13.8. The SMILES string of the molecule is CC(=O)N1CC(Cc2cc(CNCC(O)CN3CCc4ccccc4C3)ncn2)C1. The van der Waals surface area contributed by atoms with Crippen LogP contribution in [0.3, 0.4) is 0 Å². The monoisotopic (exact) mass is 409 g/mol. The molecule has 7 nitrogen and oxygen atoms in total. The number of carbonyl (C=O) groups excluding carboxylic acids is 1. The number of hydrogen-bond donors (Lipinski definition) is 2. The lowest BCUT2D eigenvalue weighted by Gasteiger charge is -2.38. The minimum atomic E-state index is -0.413. The lowest BCUT2D eigenvalue weighted by Crippen LogP contribution is -2.49. The number of hydrogen-bond acceptors (Lipinski definition) is 6. The lowest BCUT2D eigenvalue weighted by molar-refractivity contribution is -0.134. The summed E-state index contributed by atoms with van der Waals surface area (Å²) in [5.74, 6) is 0.632. The summed E-state index contributed by atoms with van der Waals surface area (Å²) in [4.78, 5) is 24.2. The first kappa shape index (κ1) is 20.9. The highest BCUT2D eigenvalue weighted by molar-refractivity contribution is 5.74. The normalized spacial score (nSPS) is 18.0. The first-order valence-electron chi connectivity index (χ1n) is 10.8. The molecule has 1 saturated heterocycles. The summed E-state index contributed by atoms with van der Waals surface area (Å²) in [6.45, 7) is 6.97. The fourth-order valence-electron chi connectivity index (χ4n) is 4.34. The average molecular weight is 410 g/mol. The summed E-state index contributed by atoms with van der Waals surface area (Å²) >= 11 is 0. The smallest absolute Gasteiger partial charge is 0.219 e. The van der Waals surface area contributed by atoms with Crippen LogP contribution in [0.5, 0.6) is 0 Å². The second-order valence-corrected chi connectivity index (χ2v) is 8.53. The van der Waals surface area contributed by atoms with Gasteiger partial charge in [-0.25, -0.2) is 9.97 Å². The molecule has 0 spiro atoms. The first-order valence-corrected chi connectivity index (χ1v) is 10.8. The van der Waals surface area contributed by atoms with Crippen LogP contribution in [0.25, 0.3) is 0 Å². The zero-order valence-corrected chi connectivity index (χ0v) is 17.6. The molecule has 2 aliphatic heterocycles. The van der Waals surface area contributed by atoms with Gasteiger partial charge in [0, 0.05) is 58.4 Å². The molecule has 1 fully saturated rings. The Bertz CT molecular complexity index is 868. The number of rotatable bonds is 8. The Hall–Kier alpha value is -2.35. The van der Waals surface area contributed by atoms with Crippen LogP contribution in [0, 0.1) is 5.92 Å². The Labute approximate surface area is 178 Å². The van der Waals surface area contributed by atoms with Crippen molar-refractivity contribution in [3.63, 3.8) is 0 Å². The van der Waals surface area contributed by atoms with Crippen molar-refractivity contribution in [2.24, 2.45) is 5.92 Å². The quantitative estimate of drug-likeness (QED) is 0.677. The zero-order valence-electron chi connectivity index (χ0n) is 17.6. The van der Waals surface area contributed by atoms with Crippen molar-refractivity contribution in [1.29, 1.82) is 0 Å². The van der Waals surface area contributed by atoms with Gasteiger partial charge in [-0.2, -0.15) is 0 Å². The summed E-state index contributed by atoms with van der Waals surface area (Å²) < 4.78 is 0. The maximum absolute atomic E-state index is 11.3. The van der Waals surface area contributed by atoms with E-state index in [1.807, 2.05) is 11.0 Å². The third-order valence-corrected chi connectivity index (χ3v) is 6.05. The average Bonchev–Trinajstić information content (AvgIpc) is 2.70. The lowest BCUT2D eigenvalue weighted by atomic mass is 9.94. The van der Waals surface area contributed by atoms with E-state index >= 15 is 0 Å². The molecule has 1 atom stereocenters. The molecule has 2 aromatic rings. The number of nitrogens with one attached hydrogen (secondary N) is 1. The highest BCUT2D eigenvalue weighted by Crippen LogP contribution is 2.20. The number of likely N-dealkylation sites (tertiary alicyclic amines) is 1. The van der Waals surface area contributed by atoms with E-state index in [1.54, 1.807) is 13.3 Å². The van der Waals surface area contributed by atoms with Crippen LogP contribution in [0.2, 0.25) is 0 Å². The topological polar surface area (TPSA) is 81.6 Å². The third-order valence-electron chi connectivity index (χ3n) is 6.05. The van der Waals surface area contributed by atoms with E-state index in [4.69, 9.17) is 0 Å². The van der Waals surface area contributed by atoms with Crippen molar-refractivity contribution < 1.29 is 9.90 Å². The van der Waals surface area contributed by atoms with E-state index in [-0.39, 0.29) is 5.91 Å². The van der Waals surface area contributed by atoms with Gasteiger partial charge in [-0.15, -0.1) is 0 Å². The molecule has 0 radical (unpaired) electrons. The highest BCUT2D eigenvalue weighted by Gasteiger charge is 2.28. The van der Waals surface area contributed by atoms with Crippen LogP contribution in [-0.4, -0.2) is 69.6 Å². The molecule has 2 N–H and O–H groups in total. The summed E-state index contributed by atoms with van der Waals surface area (Å²) in [7, 11) is 0. The molecule has 1 amide bonds. The predicted molar refractivity (Wildman–Crippen MR) is 115 cm³/mol. The number of β-amino-alcohol motifs (C(OH)–C–C–N with tert-alkyl or cyclic N) is 1. The van der Waals surface area contributed by atoms with Crippen LogP contribution in [-0.2, 0) is 30.7 Å². The van der Waals surface area contributed by atoms with E-state index in [9.17, 15) is 9.90 Å². The van der Waals surface area contributed by atoms with Crippen molar-refractivity contribution in [3.8, 4) is 0 Å². The van der Waals surface area contributed by atoms with E-state index in [0.717, 1.165) is 50.4 Å². The van der Waals surface area contributed by atoms with Crippen LogP contribution in [0.1, 0.15) is 29.4 Å². The Balaban J connectivity index is 1.18. The molecule has 0 bridgehead atoms. The first-order chi connectivity index (χ1) is 14.6. The van der Waals surface area contributed by atoms with E-state index in [2.05, 4.69) is 44.5 Å². The van der Waals surface area contributed by atoms with Crippen molar-refractivity contribution in [2.45, 2.75) is 39.0 Å². The molecule has 4 rings (SSSR count). The minimum absolute atomic E-state index is 0.145. The van der Waals surface area contributed by atoms with Crippen LogP contribution in [0.15, 0.2) is 36.7 Å². The maximum atomic E-state index is 11.3. The number of aliphatic hydroxyl groups is 1. The predicted octanol–water partition coefficient (Wildman–Crippen LogP) is 1.01. The molecule has 7 heteroatoms. The molecule has 160 valence electrons. The van der Waals surface area contributed by atoms with Gasteiger partial charge in [-0.05, 0) is 36.0 Å². The van der Waals surface area contributed by atoms with Crippen molar-refractivity contribution in [1.82, 2.24) is 25.1 Å². The van der Waals surface area contributed by atoms with Crippen LogP contribution >= 0.6 is 0 Å². The Morgan fingerprint density at radius 3 is 2.80 bits per heavy atom. The second-order valence-electron chi connectivity index (χ2n) is 8.53. The summed E-state index contributed by atoms with van der Waals surface area (Å²) in [5.41, 5.74) is 4.75. The van der Waals surface area contributed by atoms with Crippen molar-refractivity contribution >= 4 is 5.91 Å². The molecule has 1 aromatic carbocycles. The van der Waals surface area contributed by atoms with Gasteiger partial charge in [0.1, 0.15) is 6.33 Å². The van der Waals surface area contributed by atoms with Gasteiger partial charge < -0.3 is 15.3 Å². The van der Waals surface area contributed by atoms with Gasteiger partial charge in [-0.3, -0.25) is 9.69 Å². The highest BCUT2D eigenvalue weighted by atomic mass is 16.3. The molecule has 0 aliphatic carbocycles. The molecule has 1 aromatic heterocycles. The van der Waals surface area contributed by atoms with Crippen molar-refractivity contribution in [2.75, 3.05) is 32.7 Å². The van der Waals surface area contributed by atoms with Crippen LogP contribution in [0.4, 0.5) is 0 Å². The molecule has 2 aliphatic rings. The Morgan fingerprint density at radius 2 is 2.00 bits per heavy atom. The Morgan fingerprint density at radius 1 is 1.23 bits per heavy atom. The number of aromatic nitrogens is 2. The molecular formula is C23H31N5O2. The minimum Gasteiger partial charge on any atom is -0.390 e. The molecule has 3 heterocycles. The zero-order chi connectivity index (χ0) is 20.9. The molecular weight excluding hydrogens is 378 g/mol. The van der Waals surface area contributed by atoms with Gasteiger partial charge in [0.2, 0.25) is 5.91 Å². The standard InChI is InChI=1S/C23H31N5O2/c1-17(29)28-12-18(13-28)8-21-9-22(26-16-25-21)10-24-11-23(30)15-27-7-6-19-4-2-3-5-20(19)14-27/h2-5,9,16,18,23-24,30H,6-8,10-15H2,1H3. The largest absolute Gasteiger partial charge is 0.390 e. The van der Waals surface area contributed by atoms with Crippen LogP contribution < -0.4 is 5.32 Å². The van der Waals surface area contributed by atoms with E-state index in [1.165, 1.54) is 11.1 Å². The van der Waals surface area contributed by atoms with E-state index < -0.39 is 6.10 Å². The van der Waals surface area contributed by atoms with E-state index in [0.29, 0.717) is 25.6 Å². The molecule has 1 unspecified atom stereocenters. The number of nitrogens with zero attached hydrogens (tertiary/aromatic N) is 4. The van der Waals surface area contributed by atoms with Gasteiger partial charge in [-0.1, -0.05) is 24.3 Å².